The molecule has 0 saturated heterocycles. The molecule has 1 saturated carbocycles. The molecule has 0 unspecified atom stereocenters. The van der Waals surface area contributed by atoms with Crippen molar-refractivity contribution in [1.82, 2.24) is 0 Å². The lowest BCUT2D eigenvalue weighted by Gasteiger charge is -2.28. The third-order valence-corrected chi connectivity index (χ3v) is 4.08. The Hall–Kier alpha value is -1.38. The Kier molecular flexibility index (Phi) is 6.18. The maximum absolute atomic E-state index is 14.0. The van der Waals surface area contributed by atoms with Crippen molar-refractivity contribution < 1.29 is 13.5 Å². The second-order valence-corrected chi connectivity index (χ2v) is 5.23. The van der Waals surface area contributed by atoms with Crippen LogP contribution in [0.3, 0.4) is 0 Å². The minimum absolute atomic E-state index is 0. The maximum Gasteiger partial charge on any atom is 0.200 e. The summed E-state index contributed by atoms with van der Waals surface area (Å²) in [5.74, 6) is -0.859. The summed E-state index contributed by atoms with van der Waals surface area (Å²) in [4.78, 5) is 0. The summed E-state index contributed by atoms with van der Waals surface area (Å²) in [6.45, 7) is 3.75. The predicted molar refractivity (Wildman–Crippen MR) is 79.2 cm³/mol. The van der Waals surface area contributed by atoms with Crippen LogP contribution in [0.5, 0.6) is 5.75 Å². The molecule has 1 aromatic carbocycles. The van der Waals surface area contributed by atoms with E-state index >= 15 is 0 Å². The maximum atomic E-state index is 14.0. The average molecular weight is 282 g/mol. The molecule has 0 amide bonds. The number of ether oxygens (including phenoxy) is 1. The Balaban J connectivity index is 0.00000200. The Morgan fingerprint density at radius 2 is 1.85 bits per heavy atom. The summed E-state index contributed by atoms with van der Waals surface area (Å²) in [5, 5.41) is 0. The second-order valence-electron chi connectivity index (χ2n) is 5.23. The Labute approximate surface area is 120 Å². The fourth-order valence-corrected chi connectivity index (χ4v) is 2.96. The quantitative estimate of drug-likeness (QED) is 0.666. The number of rotatable bonds is 4. The summed E-state index contributed by atoms with van der Waals surface area (Å²) in [6, 6.07) is 3.18. The van der Waals surface area contributed by atoms with Crippen molar-refractivity contribution in [1.29, 1.82) is 0 Å². The largest absolute Gasteiger partial charge is 0.494 e. The topological polar surface area (TPSA) is 9.23 Å². The molecule has 0 N–H and O–H groups in total. The van der Waals surface area contributed by atoms with Gasteiger partial charge in [-0.25, -0.2) is 4.39 Å². The smallest absolute Gasteiger partial charge is 0.200 e. The van der Waals surface area contributed by atoms with Crippen LogP contribution in [0.15, 0.2) is 24.8 Å². The van der Waals surface area contributed by atoms with Crippen molar-refractivity contribution in [3.63, 3.8) is 0 Å². The van der Waals surface area contributed by atoms with Crippen molar-refractivity contribution in [2.24, 2.45) is 5.92 Å². The molecule has 0 aliphatic heterocycles. The van der Waals surface area contributed by atoms with E-state index in [4.69, 9.17) is 4.74 Å². The van der Waals surface area contributed by atoms with Gasteiger partial charge in [-0.05, 0) is 55.6 Å². The van der Waals surface area contributed by atoms with Gasteiger partial charge in [0, 0.05) is 0 Å². The second kappa shape index (κ2) is 7.41. The lowest BCUT2D eigenvalue weighted by atomic mass is 9.77. The first-order valence-electron chi connectivity index (χ1n) is 6.80. The zero-order valence-corrected chi connectivity index (χ0v) is 11.3. The van der Waals surface area contributed by atoms with Gasteiger partial charge in [0.15, 0.2) is 11.6 Å². The molecule has 0 bridgehead atoms. The van der Waals surface area contributed by atoms with Crippen molar-refractivity contribution in [2.75, 3.05) is 7.11 Å². The van der Waals surface area contributed by atoms with Crippen LogP contribution < -0.4 is 4.74 Å². The third-order valence-electron chi connectivity index (χ3n) is 4.08. The van der Waals surface area contributed by atoms with E-state index in [0.717, 1.165) is 32.1 Å². The fraction of sp³-hybridized carbons (Fsp3) is 0.529. The first kappa shape index (κ1) is 16.7. The molecule has 0 heterocycles. The van der Waals surface area contributed by atoms with Gasteiger partial charge in [-0.3, -0.25) is 0 Å². The molecule has 3 heteroatoms. The van der Waals surface area contributed by atoms with Crippen molar-refractivity contribution in [2.45, 2.75) is 45.4 Å². The molecule has 1 fully saturated rings. The molecule has 0 spiro atoms. The molecule has 20 heavy (non-hydrogen) atoms. The van der Waals surface area contributed by atoms with E-state index in [2.05, 4.69) is 6.58 Å². The Morgan fingerprint density at radius 1 is 1.20 bits per heavy atom. The van der Waals surface area contributed by atoms with Crippen LogP contribution in [0.2, 0.25) is 0 Å². The van der Waals surface area contributed by atoms with Gasteiger partial charge in [-0.1, -0.05) is 19.6 Å². The number of methoxy groups -OCH3 is 1. The van der Waals surface area contributed by atoms with Gasteiger partial charge < -0.3 is 4.74 Å². The van der Waals surface area contributed by atoms with Crippen LogP contribution in [0.1, 0.15) is 51.0 Å². The summed E-state index contributed by atoms with van der Waals surface area (Å²) in [6.07, 6.45) is 6.92. The van der Waals surface area contributed by atoms with E-state index < -0.39 is 11.6 Å². The monoisotopic (exact) mass is 282 g/mol. The molecule has 0 aromatic heterocycles. The van der Waals surface area contributed by atoms with Crippen LogP contribution in [0, 0.1) is 17.6 Å². The van der Waals surface area contributed by atoms with Gasteiger partial charge >= 0.3 is 0 Å². The van der Waals surface area contributed by atoms with Crippen LogP contribution in [0.4, 0.5) is 8.78 Å². The summed E-state index contributed by atoms with van der Waals surface area (Å²) < 4.78 is 32.5. The highest BCUT2D eigenvalue weighted by atomic mass is 19.2. The number of hydrogen-bond donors (Lipinski definition) is 0. The molecule has 1 aliphatic carbocycles. The van der Waals surface area contributed by atoms with E-state index in [1.807, 2.05) is 6.08 Å². The number of benzene rings is 1. The molecular formula is C17H24F2O. The van der Waals surface area contributed by atoms with Gasteiger partial charge in [-0.15, -0.1) is 6.58 Å². The number of halogens is 2. The van der Waals surface area contributed by atoms with E-state index in [0.29, 0.717) is 11.5 Å². The first-order chi connectivity index (χ1) is 9.17. The normalized spacial score (nSPS) is 21.9. The van der Waals surface area contributed by atoms with Crippen molar-refractivity contribution in [3.05, 3.63) is 42.0 Å². The molecule has 1 aromatic rings. The van der Waals surface area contributed by atoms with Crippen molar-refractivity contribution in [3.8, 4) is 5.75 Å². The molecule has 1 aliphatic rings. The SMILES string of the molecule is C.C=CCC1CCC(c2ccc(OC)c(F)c2F)CC1. The van der Waals surface area contributed by atoms with Crippen LogP contribution in [-0.4, -0.2) is 7.11 Å². The lowest BCUT2D eigenvalue weighted by Crippen LogP contribution is -2.14. The first-order valence-corrected chi connectivity index (χ1v) is 6.80. The number of hydrogen-bond acceptors (Lipinski definition) is 1. The van der Waals surface area contributed by atoms with E-state index in [1.54, 1.807) is 6.07 Å². The van der Waals surface area contributed by atoms with Gasteiger partial charge in [0.05, 0.1) is 7.11 Å². The van der Waals surface area contributed by atoms with Gasteiger partial charge in [-0.2, -0.15) is 4.39 Å². The molecule has 1 nitrogen and oxygen atoms in total. The van der Waals surface area contributed by atoms with Gasteiger partial charge in [0.2, 0.25) is 5.82 Å². The van der Waals surface area contributed by atoms with E-state index in [-0.39, 0.29) is 19.1 Å². The highest BCUT2D eigenvalue weighted by Gasteiger charge is 2.25. The van der Waals surface area contributed by atoms with Crippen molar-refractivity contribution >= 4 is 0 Å². The van der Waals surface area contributed by atoms with Crippen LogP contribution >= 0.6 is 0 Å². The van der Waals surface area contributed by atoms with E-state index in [1.165, 1.54) is 13.2 Å². The lowest BCUT2D eigenvalue weighted by molar-refractivity contribution is 0.318. The van der Waals surface area contributed by atoms with Gasteiger partial charge in [0.25, 0.3) is 0 Å². The molecule has 0 radical (unpaired) electrons. The van der Waals surface area contributed by atoms with Crippen LogP contribution in [-0.2, 0) is 0 Å². The standard InChI is InChI=1S/C16H20F2O.CH4/c1-3-4-11-5-7-12(8-6-11)13-9-10-14(19-2)16(18)15(13)17;/h3,9-12H,1,4-8H2,2H3;1H4. The molecule has 0 atom stereocenters. The summed E-state index contributed by atoms with van der Waals surface area (Å²) >= 11 is 0. The minimum Gasteiger partial charge on any atom is -0.494 e. The number of allylic oxidation sites excluding steroid dienone is 1. The summed E-state index contributed by atoms with van der Waals surface area (Å²) in [5.41, 5.74) is 0.496. The molecular weight excluding hydrogens is 258 g/mol. The summed E-state index contributed by atoms with van der Waals surface area (Å²) in [7, 11) is 1.35. The molecule has 2 rings (SSSR count). The minimum atomic E-state index is -0.867. The third kappa shape index (κ3) is 3.38. The highest BCUT2D eigenvalue weighted by Crippen LogP contribution is 2.39. The van der Waals surface area contributed by atoms with E-state index in [9.17, 15) is 8.78 Å². The Bertz CT molecular complexity index is 449. The van der Waals surface area contributed by atoms with Crippen LogP contribution in [0.25, 0.3) is 0 Å². The fourth-order valence-electron chi connectivity index (χ4n) is 2.96. The average Bonchev–Trinajstić information content (AvgIpc) is 2.43. The zero-order chi connectivity index (χ0) is 13.8. The van der Waals surface area contributed by atoms with Gasteiger partial charge in [0.1, 0.15) is 0 Å². The Morgan fingerprint density at radius 3 is 2.40 bits per heavy atom. The molecule has 112 valence electrons. The predicted octanol–water partition coefficient (Wildman–Crippen LogP) is 5.46. The highest BCUT2D eigenvalue weighted by molar-refractivity contribution is 5.33. The zero-order valence-electron chi connectivity index (χ0n) is 11.3.